The quantitative estimate of drug-likeness (QED) is 0.510. The van der Waals surface area contributed by atoms with Crippen LogP contribution in [0.15, 0.2) is 24.5 Å². The number of ether oxygens (including phenoxy) is 1. The van der Waals surface area contributed by atoms with Gasteiger partial charge in [0.15, 0.2) is 0 Å². The number of aromatic nitrogens is 1. The summed E-state index contributed by atoms with van der Waals surface area (Å²) in [7, 11) is 0. The molecule has 3 heterocycles. The van der Waals surface area contributed by atoms with Crippen molar-refractivity contribution < 1.29 is 55.7 Å². The van der Waals surface area contributed by atoms with Crippen molar-refractivity contribution >= 4 is 23.5 Å². The molecule has 202 valence electrons. The lowest BCUT2D eigenvalue weighted by Gasteiger charge is -2.35. The van der Waals surface area contributed by atoms with E-state index in [1.165, 1.54) is 19.3 Å². The molecule has 15 heteroatoms. The molecular weight excluding hydrogens is 504 g/mol. The van der Waals surface area contributed by atoms with Gasteiger partial charge in [0.1, 0.15) is 0 Å². The number of hydrogen-bond acceptors (Lipinski definition) is 6. The molecule has 2 saturated heterocycles. The SMILES string of the molecule is O=C(Nc1cccnc1)[C@@H]1COC[C@H]2CN(C3CCC3)C[C@H]21.O=C(O)C(F)(F)F.O=C(O)C(F)(F)F. The Morgan fingerprint density at radius 2 is 1.58 bits per heavy atom. The molecule has 3 atom stereocenters. The van der Waals surface area contributed by atoms with Crippen LogP contribution in [0.1, 0.15) is 19.3 Å². The molecule has 0 bridgehead atoms. The van der Waals surface area contributed by atoms with E-state index in [-0.39, 0.29) is 11.8 Å². The summed E-state index contributed by atoms with van der Waals surface area (Å²) in [5, 5.41) is 17.2. The Morgan fingerprint density at radius 1 is 1.00 bits per heavy atom. The zero-order valence-electron chi connectivity index (χ0n) is 18.8. The van der Waals surface area contributed by atoms with Gasteiger partial charge in [0.25, 0.3) is 0 Å². The van der Waals surface area contributed by atoms with Gasteiger partial charge in [0, 0.05) is 25.3 Å². The number of likely N-dealkylation sites (tertiary alicyclic amines) is 1. The third-order valence-electron chi connectivity index (χ3n) is 6.01. The number of nitrogens with zero attached hydrogens (tertiary/aromatic N) is 2. The molecule has 3 aliphatic rings. The number of pyridine rings is 1. The first-order valence-corrected chi connectivity index (χ1v) is 10.8. The highest BCUT2D eigenvalue weighted by molar-refractivity contribution is 5.92. The molecule has 0 radical (unpaired) electrons. The summed E-state index contributed by atoms with van der Waals surface area (Å²) in [6.45, 7) is 3.52. The minimum Gasteiger partial charge on any atom is -0.475 e. The fourth-order valence-electron chi connectivity index (χ4n) is 4.02. The van der Waals surface area contributed by atoms with Gasteiger partial charge >= 0.3 is 24.3 Å². The topological polar surface area (TPSA) is 129 Å². The second-order valence-electron chi connectivity index (χ2n) is 8.44. The van der Waals surface area contributed by atoms with E-state index >= 15 is 0 Å². The van der Waals surface area contributed by atoms with Gasteiger partial charge < -0.3 is 20.3 Å². The first kappa shape index (κ1) is 29.3. The van der Waals surface area contributed by atoms with Crippen LogP contribution in [0.4, 0.5) is 32.0 Å². The van der Waals surface area contributed by atoms with Crippen LogP contribution in [0.2, 0.25) is 0 Å². The van der Waals surface area contributed by atoms with E-state index in [9.17, 15) is 31.1 Å². The number of hydrogen-bond donors (Lipinski definition) is 3. The average Bonchev–Trinajstić information content (AvgIpc) is 3.16. The lowest BCUT2D eigenvalue weighted by Crippen LogP contribution is -2.42. The number of carboxylic acids is 2. The molecule has 3 N–H and O–H groups in total. The zero-order chi connectivity index (χ0) is 27.1. The van der Waals surface area contributed by atoms with Gasteiger partial charge in [-0.15, -0.1) is 0 Å². The third-order valence-corrected chi connectivity index (χ3v) is 6.01. The van der Waals surface area contributed by atoms with Gasteiger partial charge in [-0.3, -0.25) is 14.7 Å². The number of fused-ring (bicyclic) bond motifs is 1. The van der Waals surface area contributed by atoms with Gasteiger partial charge in [-0.1, -0.05) is 6.42 Å². The van der Waals surface area contributed by atoms with E-state index in [0.29, 0.717) is 18.4 Å². The van der Waals surface area contributed by atoms with E-state index in [1.54, 1.807) is 12.4 Å². The molecule has 4 rings (SSSR count). The molecule has 1 aromatic rings. The number of anilines is 1. The van der Waals surface area contributed by atoms with Crippen molar-refractivity contribution in [1.29, 1.82) is 0 Å². The summed E-state index contributed by atoms with van der Waals surface area (Å²) in [6, 6.07) is 4.47. The van der Waals surface area contributed by atoms with Crippen molar-refractivity contribution in [2.75, 3.05) is 31.6 Å². The minimum atomic E-state index is -5.08. The van der Waals surface area contributed by atoms with Crippen LogP contribution in [-0.4, -0.2) is 82.6 Å². The number of amides is 1. The average molecular weight is 529 g/mol. The van der Waals surface area contributed by atoms with Crippen LogP contribution >= 0.6 is 0 Å². The fourth-order valence-corrected chi connectivity index (χ4v) is 4.02. The molecule has 36 heavy (non-hydrogen) atoms. The van der Waals surface area contributed by atoms with Gasteiger partial charge in [-0.25, -0.2) is 9.59 Å². The summed E-state index contributed by atoms with van der Waals surface area (Å²) < 4.78 is 69.2. The van der Waals surface area contributed by atoms with Crippen LogP contribution < -0.4 is 5.32 Å². The van der Waals surface area contributed by atoms with Crippen molar-refractivity contribution in [3.05, 3.63) is 24.5 Å². The third kappa shape index (κ3) is 8.62. The highest BCUT2D eigenvalue weighted by Crippen LogP contribution is 2.38. The molecule has 1 aromatic heterocycles. The zero-order valence-corrected chi connectivity index (χ0v) is 18.8. The minimum absolute atomic E-state index is 0.0379. The Hall–Kier alpha value is -2.94. The Balaban J connectivity index is 0.000000271. The maximum atomic E-state index is 12.6. The molecular formula is C21H25F6N3O6. The number of carboxylic acid groups (broad SMARTS) is 2. The van der Waals surface area contributed by atoms with E-state index in [1.807, 2.05) is 12.1 Å². The molecule has 2 aliphatic heterocycles. The van der Waals surface area contributed by atoms with Crippen LogP contribution in [0.25, 0.3) is 0 Å². The monoisotopic (exact) mass is 529 g/mol. The molecule has 1 amide bonds. The van der Waals surface area contributed by atoms with Crippen molar-refractivity contribution in [3.63, 3.8) is 0 Å². The second-order valence-corrected chi connectivity index (χ2v) is 8.44. The van der Waals surface area contributed by atoms with Gasteiger partial charge in [-0.05, 0) is 36.8 Å². The van der Waals surface area contributed by atoms with Crippen LogP contribution in [0.5, 0.6) is 0 Å². The number of halogens is 6. The van der Waals surface area contributed by atoms with Crippen LogP contribution in [-0.2, 0) is 19.1 Å². The fraction of sp³-hybridized carbons (Fsp3) is 0.619. The molecule has 3 fully saturated rings. The smallest absolute Gasteiger partial charge is 0.475 e. The standard InChI is InChI=1S/C17H23N3O2.2C2HF3O2/c21-17(19-13-3-2-6-18-7-13)16-11-22-10-12-8-20(9-15(12)16)14-4-1-5-14;2*3-2(4,5)1(6)7/h2-3,6-7,12,14-16H,1,4-5,8-11H2,(H,19,21);2*(H,6,7)/t12-,15-,16-;;/m1../s1. The van der Waals surface area contributed by atoms with Gasteiger partial charge in [0.2, 0.25) is 5.91 Å². The summed E-state index contributed by atoms with van der Waals surface area (Å²) >= 11 is 0. The summed E-state index contributed by atoms with van der Waals surface area (Å²) in [5.41, 5.74) is 0.767. The maximum Gasteiger partial charge on any atom is 0.490 e. The van der Waals surface area contributed by atoms with E-state index in [0.717, 1.165) is 31.4 Å². The molecule has 1 saturated carbocycles. The highest BCUT2D eigenvalue weighted by Gasteiger charge is 2.46. The van der Waals surface area contributed by atoms with Gasteiger partial charge in [0.05, 0.1) is 31.0 Å². The number of nitrogens with one attached hydrogen (secondary N) is 1. The van der Waals surface area contributed by atoms with E-state index < -0.39 is 24.3 Å². The van der Waals surface area contributed by atoms with E-state index in [2.05, 4.69) is 15.2 Å². The van der Waals surface area contributed by atoms with Crippen molar-refractivity contribution in [2.45, 2.75) is 37.7 Å². The first-order chi connectivity index (χ1) is 16.7. The Kier molecular flexibility index (Phi) is 10.0. The normalized spacial score (nSPS) is 24.1. The largest absolute Gasteiger partial charge is 0.490 e. The van der Waals surface area contributed by atoms with Crippen LogP contribution in [0.3, 0.4) is 0 Å². The number of aliphatic carboxylic acids is 2. The Labute approximate surface area is 201 Å². The number of carbonyl (C=O) groups excluding carboxylic acids is 1. The Bertz CT molecular complexity index is 870. The predicted octanol–water partition coefficient (Wildman–Crippen LogP) is 3.03. The summed E-state index contributed by atoms with van der Waals surface area (Å²) in [4.78, 5) is 37.1. The first-order valence-electron chi connectivity index (χ1n) is 10.8. The molecule has 0 spiro atoms. The molecule has 9 nitrogen and oxygen atoms in total. The lowest BCUT2D eigenvalue weighted by molar-refractivity contribution is -0.193. The van der Waals surface area contributed by atoms with Gasteiger partial charge in [-0.2, -0.15) is 26.3 Å². The summed E-state index contributed by atoms with van der Waals surface area (Å²) in [6.07, 6.45) is -2.76. The number of carbonyl (C=O) groups is 3. The molecule has 0 unspecified atom stereocenters. The lowest BCUT2D eigenvalue weighted by atomic mass is 9.82. The predicted molar refractivity (Wildman–Crippen MR) is 111 cm³/mol. The molecule has 0 aromatic carbocycles. The van der Waals surface area contributed by atoms with Crippen molar-refractivity contribution in [2.24, 2.45) is 17.8 Å². The number of alkyl halides is 6. The maximum absolute atomic E-state index is 12.6. The van der Waals surface area contributed by atoms with Crippen LogP contribution in [0, 0.1) is 17.8 Å². The van der Waals surface area contributed by atoms with E-state index in [4.69, 9.17) is 24.5 Å². The Morgan fingerprint density at radius 3 is 2.03 bits per heavy atom. The number of rotatable bonds is 3. The second kappa shape index (κ2) is 12.3. The van der Waals surface area contributed by atoms with Crippen molar-refractivity contribution in [3.8, 4) is 0 Å². The molecule has 1 aliphatic carbocycles. The highest BCUT2D eigenvalue weighted by atomic mass is 19.4. The van der Waals surface area contributed by atoms with Crippen molar-refractivity contribution in [1.82, 2.24) is 9.88 Å². The summed E-state index contributed by atoms with van der Waals surface area (Å²) in [5.74, 6) is -4.52.